The molecule has 0 amide bonds. The van der Waals surface area contributed by atoms with Crippen LogP contribution in [0.1, 0.15) is 5.56 Å². The summed E-state index contributed by atoms with van der Waals surface area (Å²) in [6.45, 7) is 0. The third-order valence-electron chi connectivity index (χ3n) is 6.44. The number of anilines is 2. The molecule has 192 valence electrons. The van der Waals surface area contributed by atoms with Crippen LogP contribution in [0.4, 0.5) is 11.4 Å². The number of rotatable bonds is 6. The Morgan fingerprint density at radius 2 is 1.12 bits per heavy atom. The highest BCUT2D eigenvalue weighted by Gasteiger charge is 2.24. The number of hydrazine groups is 1. The summed E-state index contributed by atoms with van der Waals surface area (Å²) >= 11 is 0. The molecule has 1 aromatic heterocycles. The van der Waals surface area contributed by atoms with Crippen molar-refractivity contribution in [3.8, 4) is 22.8 Å². The molecule has 1 aliphatic heterocycles. The van der Waals surface area contributed by atoms with E-state index in [0.29, 0.717) is 11.7 Å². The zero-order valence-electron chi connectivity index (χ0n) is 21.4. The minimum Gasteiger partial charge on any atom is -0.352 e. The maximum absolute atomic E-state index is 4.90. The van der Waals surface area contributed by atoms with Gasteiger partial charge in [0.05, 0.1) is 22.0 Å². The zero-order chi connectivity index (χ0) is 26.7. The monoisotopic (exact) mass is 520 g/mol. The van der Waals surface area contributed by atoms with E-state index in [1.165, 1.54) is 0 Å². The molecule has 0 bridgehead atoms. The van der Waals surface area contributed by atoms with Crippen molar-refractivity contribution in [2.45, 2.75) is 0 Å². The molecule has 8 heteroatoms. The van der Waals surface area contributed by atoms with Gasteiger partial charge in [-0.1, -0.05) is 84.9 Å². The molecule has 8 nitrogen and oxygen atoms in total. The lowest BCUT2D eigenvalue weighted by molar-refractivity contribution is -0.734. The molecular weight excluding hydrogens is 496 g/mol. The molecule has 6 aromatic rings. The van der Waals surface area contributed by atoms with Gasteiger partial charge in [0.25, 0.3) is 0 Å². The van der Waals surface area contributed by atoms with E-state index in [4.69, 9.17) is 20.7 Å². The Labute approximate surface area is 231 Å². The van der Waals surface area contributed by atoms with E-state index in [2.05, 4.69) is 0 Å². The number of benzene rings is 5. The molecule has 0 N–H and O–H groups in total. The Morgan fingerprint density at radius 1 is 0.550 bits per heavy atom. The molecule has 1 aliphatic rings. The van der Waals surface area contributed by atoms with Crippen LogP contribution < -0.4 is 15.0 Å². The number of nitrogens with zero attached hydrogens (tertiary/aromatic N) is 8. The Morgan fingerprint density at radius 3 is 1.80 bits per heavy atom. The molecule has 0 radical (unpaired) electrons. The van der Waals surface area contributed by atoms with E-state index in [1.807, 2.05) is 165 Å². The molecule has 0 atom stereocenters. The van der Waals surface area contributed by atoms with Crippen LogP contribution in [0.3, 0.4) is 0 Å². The van der Waals surface area contributed by atoms with Crippen LogP contribution in [0.5, 0.6) is 0 Å². The minimum atomic E-state index is 0.591. The van der Waals surface area contributed by atoms with E-state index in [9.17, 15) is 0 Å². The summed E-state index contributed by atoms with van der Waals surface area (Å²) in [6.07, 6.45) is 0. The normalized spacial score (nSPS) is 12.8. The van der Waals surface area contributed by atoms with Crippen LogP contribution >= 0.6 is 0 Å². The Bertz CT molecular complexity index is 1710. The molecule has 0 spiro atoms. The van der Waals surface area contributed by atoms with Crippen molar-refractivity contribution in [1.82, 2.24) is 15.0 Å². The predicted molar refractivity (Wildman–Crippen MR) is 156 cm³/mol. The van der Waals surface area contributed by atoms with Crippen molar-refractivity contribution >= 4 is 17.2 Å². The fraction of sp³-hybridized carbons (Fsp3) is 0. The molecule has 0 fully saturated rings. The van der Waals surface area contributed by atoms with Crippen LogP contribution in [0.15, 0.2) is 151 Å². The fourth-order valence-electron chi connectivity index (χ4n) is 4.51. The summed E-state index contributed by atoms with van der Waals surface area (Å²) in [7, 11) is 0. The van der Waals surface area contributed by atoms with Crippen molar-refractivity contribution in [1.29, 1.82) is 0 Å². The number of aromatic nitrogens is 4. The number of amidine groups is 1. The second-order valence-electron chi connectivity index (χ2n) is 9.13. The van der Waals surface area contributed by atoms with Gasteiger partial charge >= 0.3 is 5.82 Å². The lowest BCUT2D eigenvalue weighted by atomic mass is 10.1. The van der Waals surface area contributed by atoms with Crippen molar-refractivity contribution in [2.24, 2.45) is 5.10 Å². The molecule has 2 heterocycles. The Hall–Kier alpha value is -5.76. The second-order valence-corrected chi connectivity index (χ2v) is 9.13. The van der Waals surface area contributed by atoms with Gasteiger partial charge in [-0.05, 0) is 82.0 Å². The first kappa shape index (κ1) is 23.4. The van der Waals surface area contributed by atoms with Crippen molar-refractivity contribution in [3.05, 3.63) is 157 Å². The maximum atomic E-state index is 4.90. The van der Waals surface area contributed by atoms with E-state index in [0.717, 1.165) is 33.9 Å². The van der Waals surface area contributed by atoms with Crippen LogP contribution in [-0.2, 0) is 0 Å². The molecule has 0 unspecified atom stereocenters. The number of tetrazole rings is 1. The van der Waals surface area contributed by atoms with Gasteiger partial charge in [-0.2, -0.15) is 0 Å². The molecule has 0 aliphatic carbocycles. The van der Waals surface area contributed by atoms with Crippen molar-refractivity contribution in [3.63, 3.8) is 0 Å². The first-order valence-corrected chi connectivity index (χ1v) is 13.0. The van der Waals surface area contributed by atoms with Gasteiger partial charge < -0.3 is 10.5 Å². The van der Waals surface area contributed by atoms with E-state index >= 15 is 0 Å². The van der Waals surface area contributed by atoms with Crippen molar-refractivity contribution < 1.29 is 4.80 Å². The third-order valence-corrected chi connectivity index (χ3v) is 6.44. The van der Waals surface area contributed by atoms with E-state index < -0.39 is 0 Å². The summed E-state index contributed by atoms with van der Waals surface area (Å²) < 4.78 is 0. The number of para-hydroxylation sites is 4. The molecule has 7 rings (SSSR count). The molecule has 5 aromatic carbocycles. The second kappa shape index (κ2) is 10.2. The van der Waals surface area contributed by atoms with Crippen molar-refractivity contribution in [2.75, 3.05) is 10.2 Å². The minimum absolute atomic E-state index is 0.591. The highest BCUT2D eigenvalue weighted by molar-refractivity contribution is 6.12. The first-order valence-electron chi connectivity index (χ1n) is 13.0. The lowest BCUT2D eigenvalue weighted by Gasteiger charge is -2.35. The topological polar surface area (TPSA) is 67.5 Å². The smallest absolute Gasteiger partial charge is 0.340 e. The molecule has 40 heavy (non-hydrogen) atoms. The summed E-state index contributed by atoms with van der Waals surface area (Å²) in [5.74, 6) is 1.18. The van der Waals surface area contributed by atoms with E-state index in [-0.39, 0.29) is 0 Å². The maximum Gasteiger partial charge on any atom is 0.340 e. The SMILES string of the molecule is c1ccc(N2N=C(c3cccc(-c4nn(-c5ccccc5)[n+](-c5ccccc5)n4)c3)[N-]N2c2ccccc2)cc1. The summed E-state index contributed by atoms with van der Waals surface area (Å²) in [5.41, 5.74) is 10.3. The van der Waals surface area contributed by atoms with Gasteiger partial charge in [0, 0.05) is 4.80 Å². The number of hydrogen-bond acceptors (Lipinski definition) is 5. The van der Waals surface area contributed by atoms with Gasteiger partial charge in [0.15, 0.2) is 5.69 Å². The van der Waals surface area contributed by atoms with Gasteiger partial charge in [-0.25, -0.2) is 0 Å². The summed E-state index contributed by atoms with van der Waals surface area (Å²) in [5, 5.41) is 18.3. The summed E-state index contributed by atoms with van der Waals surface area (Å²) in [4.78, 5) is 3.62. The van der Waals surface area contributed by atoms with Crippen LogP contribution in [0.25, 0.3) is 28.2 Å². The third kappa shape index (κ3) is 4.43. The molecular formula is C32H24N8. The molecule has 0 saturated carbocycles. The Kier molecular flexibility index (Phi) is 5.95. The lowest BCUT2D eigenvalue weighted by Crippen LogP contribution is -2.43. The van der Waals surface area contributed by atoms with Gasteiger partial charge in [0.1, 0.15) is 5.69 Å². The van der Waals surface area contributed by atoms with Crippen LogP contribution in [0.2, 0.25) is 0 Å². The number of hydrazone groups is 1. The zero-order valence-corrected chi connectivity index (χ0v) is 21.4. The first-order chi connectivity index (χ1) is 19.8. The molecule has 0 saturated heterocycles. The van der Waals surface area contributed by atoms with Crippen LogP contribution in [-0.4, -0.2) is 20.8 Å². The van der Waals surface area contributed by atoms with Gasteiger partial charge in [0.2, 0.25) is 0 Å². The number of hydrogen-bond donors (Lipinski definition) is 0. The average molecular weight is 521 g/mol. The standard InChI is InChI=1S/C32H24N8/c1-5-16-27(17-6-1)37-33-31(34-38(37)28-18-7-2-8-19-28)25-14-13-15-26(24-25)32-35-39(29-20-9-3-10-21-29)40(36-32)30-22-11-4-12-23-30/h1-24H. The van der Waals surface area contributed by atoms with Gasteiger partial charge in [-0.15, -0.1) is 0 Å². The highest BCUT2D eigenvalue weighted by Crippen LogP contribution is 2.32. The summed E-state index contributed by atoms with van der Waals surface area (Å²) in [6, 6.07) is 48.0. The quantitative estimate of drug-likeness (QED) is 0.249. The van der Waals surface area contributed by atoms with E-state index in [1.54, 1.807) is 0 Å². The largest absolute Gasteiger partial charge is 0.352 e. The fourth-order valence-corrected chi connectivity index (χ4v) is 4.51. The van der Waals surface area contributed by atoms with Gasteiger partial charge in [-0.3, -0.25) is 10.2 Å². The highest BCUT2D eigenvalue weighted by atomic mass is 15.9. The average Bonchev–Trinajstić information content (AvgIpc) is 3.69. The predicted octanol–water partition coefficient (Wildman–Crippen LogP) is 6.10. The Balaban J connectivity index is 1.28. The van der Waals surface area contributed by atoms with Crippen LogP contribution in [0, 0.1) is 0 Å².